The van der Waals surface area contributed by atoms with Crippen molar-refractivity contribution in [2.45, 2.75) is 37.3 Å². The zero-order valence-electron chi connectivity index (χ0n) is 16.6. The molecule has 1 amide bonds. The minimum atomic E-state index is -3.33. The average molecular weight is 467 g/mol. The molecule has 0 aliphatic heterocycles. The van der Waals surface area contributed by atoms with Crippen LogP contribution < -0.4 is 5.32 Å². The van der Waals surface area contributed by atoms with Crippen LogP contribution >= 0.6 is 23.1 Å². The van der Waals surface area contributed by atoms with E-state index in [4.69, 9.17) is 10.00 Å². The Hall–Kier alpha value is -2.35. The number of benzene rings is 1. The van der Waals surface area contributed by atoms with Gasteiger partial charge in [0.05, 0.1) is 23.0 Å². The molecule has 0 atom stereocenters. The number of carbonyl (C=O) groups is 2. The third-order valence-electron chi connectivity index (χ3n) is 4.04. The summed E-state index contributed by atoms with van der Waals surface area (Å²) in [5.74, 6) is -1.05. The topological polar surface area (TPSA) is 113 Å². The number of thioether (sulfide) groups is 1. The molecule has 0 aliphatic rings. The Kier molecular flexibility index (Phi) is 8.89. The van der Waals surface area contributed by atoms with Crippen LogP contribution in [0.1, 0.15) is 40.6 Å². The Morgan fingerprint density at radius 1 is 1.27 bits per heavy atom. The van der Waals surface area contributed by atoms with Gasteiger partial charge in [-0.2, -0.15) is 5.26 Å². The molecule has 10 heteroatoms. The number of thiocyanates is 1. The predicted octanol–water partition coefficient (Wildman–Crippen LogP) is 4.14. The van der Waals surface area contributed by atoms with Crippen molar-refractivity contribution in [2.75, 3.05) is 17.7 Å². The van der Waals surface area contributed by atoms with E-state index in [9.17, 15) is 18.0 Å². The molecule has 1 heterocycles. The van der Waals surface area contributed by atoms with Gasteiger partial charge in [-0.15, -0.1) is 11.3 Å². The molecule has 0 saturated heterocycles. The second kappa shape index (κ2) is 11.2. The lowest BCUT2D eigenvalue weighted by Crippen LogP contribution is -2.15. The van der Waals surface area contributed by atoms with Crippen LogP contribution in [0.5, 0.6) is 0 Å². The number of nitrogens with one attached hydrogen (secondary N) is 1. The van der Waals surface area contributed by atoms with Gasteiger partial charge in [0.25, 0.3) is 0 Å². The molecule has 1 aromatic carbocycles. The summed E-state index contributed by atoms with van der Waals surface area (Å²) < 4.78 is 29.5. The van der Waals surface area contributed by atoms with E-state index >= 15 is 0 Å². The number of ether oxygens (including phenoxy) is 1. The third kappa shape index (κ3) is 6.86. The largest absolute Gasteiger partial charge is 0.462 e. The maximum atomic E-state index is 12.3. The molecule has 2 aromatic rings. The van der Waals surface area contributed by atoms with Gasteiger partial charge in [-0.3, -0.25) is 4.79 Å². The molecule has 30 heavy (non-hydrogen) atoms. The van der Waals surface area contributed by atoms with E-state index in [1.54, 1.807) is 38.1 Å². The Morgan fingerprint density at radius 3 is 2.60 bits per heavy atom. The predicted molar refractivity (Wildman–Crippen MR) is 118 cm³/mol. The van der Waals surface area contributed by atoms with E-state index in [-0.39, 0.29) is 36.9 Å². The van der Waals surface area contributed by atoms with Gasteiger partial charge in [-0.05, 0) is 43.2 Å². The van der Waals surface area contributed by atoms with E-state index in [1.165, 1.54) is 0 Å². The molecule has 160 valence electrons. The van der Waals surface area contributed by atoms with E-state index in [0.29, 0.717) is 25.9 Å². The second-order valence-electron chi connectivity index (χ2n) is 6.36. The summed E-state index contributed by atoms with van der Waals surface area (Å²) in [6, 6.07) is 8.88. The fourth-order valence-electron chi connectivity index (χ4n) is 2.68. The highest BCUT2D eigenvalue weighted by molar-refractivity contribution is 8.04. The van der Waals surface area contributed by atoms with Gasteiger partial charge >= 0.3 is 5.97 Å². The first kappa shape index (κ1) is 23.9. The van der Waals surface area contributed by atoms with Gasteiger partial charge in [0, 0.05) is 6.42 Å². The van der Waals surface area contributed by atoms with Crippen molar-refractivity contribution in [3.05, 3.63) is 46.3 Å². The molecule has 0 fully saturated rings. The molecular formula is C20H22N2O5S3. The van der Waals surface area contributed by atoms with Crippen molar-refractivity contribution in [1.29, 1.82) is 5.26 Å². The maximum Gasteiger partial charge on any atom is 0.348 e. The first-order chi connectivity index (χ1) is 14.3. The van der Waals surface area contributed by atoms with Crippen LogP contribution in [0.3, 0.4) is 0 Å². The van der Waals surface area contributed by atoms with Crippen LogP contribution in [0.2, 0.25) is 0 Å². The number of sulfone groups is 1. The standard InChI is InChI=1S/C20H22N2O5S3/c1-3-27-20(24)18-14(2)17(28-13-21)19(29-18)22-16(23)10-7-11-30(25,26)12-15-8-5-4-6-9-15/h4-6,8-9H,3,7,10-12H2,1-2H3,(H,22,23). The van der Waals surface area contributed by atoms with E-state index in [1.807, 2.05) is 11.5 Å². The Morgan fingerprint density at radius 2 is 1.97 bits per heavy atom. The van der Waals surface area contributed by atoms with E-state index in [0.717, 1.165) is 23.1 Å². The summed E-state index contributed by atoms with van der Waals surface area (Å²) >= 11 is 1.90. The van der Waals surface area contributed by atoms with Crippen LogP contribution in [-0.2, 0) is 25.1 Å². The lowest BCUT2D eigenvalue weighted by molar-refractivity contribution is -0.116. The smallest absolute Gasteiger partial charge is 0.348 e. The zero-order chi connectivity index (χ0) is 22.1. The van der Waals surface area contributed by atoms with Gasteiger partial charge in [0.1, 0.15) is 15.3 Å². The van der Waals surface area contributed by atoms with Gasteiger partial charge < -0.3 is 10.1 Å². The summed E-state index contributed by atoms with van der Waals surface area (Å²) in [4.78, 5) is 25.2. The molecular weight excluding hydrogens is 444 g/mol. The van der Waals surface area contributed by atoms with Crippen LogP contribution in [0, 0.1) is 17.6 Å². The minimum Gasteiger partial charge on any atom is -0.462 e. The number of nitrogens with zero attached hydrogens (tertiary/aromatic N) is 1. The number of hydrogen-bond acceptors (Lipinski definition) is 8. The lowest BCUT2D eigenvalue weighted by atomic mass is 10.2. The molecule has 0 unspecified atom stereocenters. The number of nitriles is 1. The van der Waals surface area contributed by atoms with Crippen LogP contribution in [0.4, 0.5) is 5.00 Å². The normalized spacial score (nSPS) is 11.0. The summed E-state index contributed by atoms with van der Waals surface area (Å²) in [6.07, 6.45) is 0.188. The van der Waals surface area contributed by atoms with Gasteiger partial charge in [0.15, 0.2) is 9.84 Å². The molecule has 0 aliphatic carbocycles. The molecule has 0 spiro atoms. The number of hydrogen-bond donors (Lipinski definition) is 1. The van der Waals surface area contributed by atoms with Crippen molar-refractivity contribution in [3.8, 4) is 5.40 Å². The van der Waals surface area contributed by atoms with E-state index < -0.39 is 15.8 Å². The summed E-state index contributed by atoms with van der Waals surface area (Å²) in [6.45, 7) is 3.60. The van der Waals surface area contributed by atoms with Crippen molar-refractivity contribution < 1.29 is 22.7 Å². The van der Waals surface area contributed by atoms with Crippen molar-refractivity contribution in [2.24, 2.45) is 0 Å². The number of rotatable bonds is 10. The summed E-state index contributed by atoms with van der Waals surface area (Å²) in [7, 11) is -3.33. The maximum absolute atomic E-state index is 12.3. The van der Waals surface area contributed by atoms with Crippen LogP contribution in [0.15, 0.2) is 35.2 Å². The van der Waals surface area contributed by atoms with Crippen molar-refractivity contribution in [3.63, 3.8) is 0 Å². The first-order valence-electron chi connectivity index (χ1n) is 9.18. The Bertz CT molecular complexity index is 1040. The molecule has 7 nitrogen and oxygen atoms in total. The van der Waals surface area contributed by atoms with Crippen LogP contribution in [-0.4, -0.2) is 32.7 Å². The SMILES string of the molecule is CCOC(=O)c1sc(NC(=O)CCCS(=O)(=O)Cc2ccccc2)c(SC#N)c1C. The van der Waals surface area contributed by atoms with Crippen LogP contribution in [0.25, 0.3) is 0 Å². The molecule has 2 rings (SSSR count). The summed E-state index contributed by atoms with van der Waals surface area (Å²) in [5.41, 5.74) is 1.28. The Balaban J connectivity index is 1.98. The lowest BCUT2D eigenvalue weighted by Gasteiger charge is -2.06. The minimum absolute atomic E-state index is 0.0103. The van der Waals surface area contributed by atoms with E-state index in [2.05, 4.69) is 5.32 Å². The third-order valence-corrected chi connectivity index (χ3v) is 7.85. The number of esters is 1. The molecule has 1 N–H and O–H groups in total. The monoisotopic (exact) mass is 466 g/mol. The molecule has 0 radical (unpaired) electrons. The highest BCUT2D eigenvalue weighted by Crippen LogP contribution is 2.40. The second-order valence-corrected chi connectivity index (χ2v) is 10.4. The molecule has 1 aromatic heterocycles. The number of carbonyl (C=O) groups excluding carboxylic acids is 2. The van der Waals surface area contributed by atoms with Gasteiger partial charge in [-0.1, -0.05) is 30.3 Å². The number of anilines is 1. The van der Waals surface area contributed by atoms with Gasteiger partial charge in [-0.25, -0.2) is 13.2 Å². The quantitative estimate of drug-likeness (QED) is 0.318. The fraction of sp³-hybridized carbons (Fsp3) is 0.350. The number of thiophene rings is 1. The van der Waals surface area contributed by atoms with Crippen molar-refractivity contribution >= 4 is 49.8 Å². The Labute approximate surface area is 184 Å². The zero-order valence-corrected chi connectivity index (χ0v) is 19.1. The van der Waals surface area contributed by atoms with Gasteiger partial charge in [0.2, 0.25) is 5.91 Å². The highest BCUT2D eigenvalue weighted by atomic mass is 32.2. The molecule has 0 bridgehead atoms. The number of amides is 1. The average Bonchev–Trinajstić information content (AvgIpc) is 2.98. The van der Waals surface area contributed by atoms with Crippen molar-refractivity contribution in [1.82, 2.24) is 0 Å². The first-order valence-corrected chi connectivity index (χ1v) is 12.6. The fourth-order valence-corrected chi connectivity index (χ4v) is 5.93. The highest BCUT2D eigenvalue weighted by Gasteiger charge is 2.23. The summed E-state index contributed by atoms with van der Waals surface area (Å²) in [5, 5.41) is 14.1. The molecule has 0 saturated carbocycles.